The van der Waals surface area contributed by atoms with E-state index in [1.807, 2.05) is 11.6 Å². The van der Waals surface area contributed by atoms with E-state index in [4.69, 9.17) is 5.73 Å². The first-order chi connectivity index (χ1) is 6.63. The number of fused-ring (bicyclic) bond motifs is 1. The summed E-state index contributed by atoms with van der Waals surface area (Å²) in [4.78, 5) is 4.49. The molecular weight excluding hydrogens is 242 g/mol. The van der Waals surface area contributed by atoms with Gasteiger partial charge in [-0.05, 0) is 24.6 Å². The molecule has 2 aromatic rings. The van der Waals surface area contributed by atoms with Gasteiger partial charge in [0.25, 0.3) is 0 Å². The lowest BCUT2D eigenvalue weighted by molar-refractivity contribution is 0.813. The molecule has 0 spiro atoms. The molecule has 2 N–H and O–H groups in total. The Morgan fingerprint density at radius 3 is 2.86 bits per heavy atom. The number of halogens is 1. The summed E-state index contributed by atoms with van der Waals surface area (Å²) in [6.45, 7) is 2.53. The second-order valence-electron chi connectivity index (χ2n) is 3.38. The summed E-state index contributed by atoms with van der Waals surface area (Å²) in [6, 6.07) is 4.13. The molecular formula is C10H12BrN3. The molecule has 4 heteroatoms. The minimum absolute atomic E-state index is 0.474. The van der Waals surface area contributed by atoms with Crippen molar-refractivity contribution < 1.29 is 0 Å². The van der Waals surface area contributed by atoms with Gasteiger partial charge in [0.1, 0.15) is 5.82 Å². The molecule has 14 heavy (non-hydrogen) atoms. The van der Waals surface area contributed by atoms with Crippen LogP contribution >= 0.6 is 15.9 Å². The summed E-state index contributed by atoms with van der Waals surface area (Å²) < 4.78 is 3.11. The van der Waals surface area contributed by atoms with Gasteiger partial charge in [0.2, 0.25) is 0 Å². The molecule has 0 aliphatic carbocycles. The normalized spacial score (nSPS) is 11.1. The molecule has 2 rings (SSSR count). The van der Waals surface area contributed by atoms with Crippen LogP contribution in [0.4, 0.5) is 0 Å². The van der Waals surface area contributed by atoms with E-state index in [-0.39, 0.29) is 0 Å². The largest absolute Gasteiger partial charge is 0.330 e. The van der Waals surface area contributed by atoms with Crippen molar-refractivity contribution in [2.45, 2.75) is 13.5 Å². The summed E-state index contributed by atoms with van der Waals surface area (Å²) in [5, 5.41) is 0. The molecule has 1 aromatic carbocycles. The lowest BCUT2D eigenvalue weighted by Crippen LogP contribution is -2.04. The van der Waals surface area contributed by atoms with Crippen molar-refractivity contribution in [2.24, 2.45) is 12.8 Å². The van der Waals surface area contributed by atoms with Gasteiger partial charge in [-0.3, -0.25) is 0 Å². The maximum Gasteiger partial charge on any atom is 0.123 e. The van der Waals surface area contributed by atoms with Gasteiger partial charge in [-0.2, -0.15) is 0 Å². The number of aryl methyl sites for hydroxylation is 2. The number of rotatable bonds is 1. The van der Waals surface area contributed by atoms with E-state index >= 15 is 0 Å². The van der Waals surface area contributed by atoms with Gasteiger partial charge < -0.3 is 10.3 Å². The summed E-state index contributed by atoms with van der Waals surface area (Å²) in [7, 11) is 1.99. The van der Waals surface area contributed by atoms with Gasteiger partial charge >= 0.3 is 0 Å². The Morgan fingerprint density at radius 2 is 2.21 bits per heavy atom. The van der Waals surface area contributed by atoms with Gasteiger partial charge in [-0.25, -0.2) is 4.98 Å². The second-order valence-corrected chi connectivity index (χ2v) is 4.30. The number of nitrogens with two attached hydrogens (primary N) is 1. The highest BCUT2D eigenvalue weighted by Gasteiger charge is 2.08. The predicted octanol–water partition coefficient (Wildman–Crippen LogP) is 2.10. The molecule has 1 heterocycles. The van der Waals surface area contributed by atoms with E-state index in [0.29, 0.717) is 6.54 Å². The smallest absolute Gasteiger partial charge is 0.123 e. The second kappa shape index (κ2) is 3.37. The number of hydrogen-bond acceptors (Lipinski definition) is 2. The Hall–Kier alpha value is -0.870. The fourth-order valence-corrected chi connectivity index (χ4v) is 2.20. The quantitative estimate of drug-likeness (QED) is 0.846. The van der Waals surface area contributed by atoms with Gasteiger partial charge in [0, 0.05) is 11.5 Å². The molecule has 3 nitrogen and oxygen atoms in total. The lowest BCUT2D eigenvalue weighted by atomic mass is 10.2. The van der Waals surface area contributed by atoms with E-state index in [1.165, 1.54) is 5.56 Å². The summed E-state index contributed by atoms with van der Waals surface area (Å²) in [5.41, 5.74) is 8.94. The lowest BCUT2D eigenvalue weighted by Gasteiger charge is -1.99. The van der Waals surface area contributed by atoms with Crippen molar-refractivity contribution in [1.82, 2.24) is 9.55 Å². The average Bonchev–Trinajstić information content (AvgIpc) is 2.44. The van der Waals surface area contributed by atoms with Crippen LogP contribution < -0.4 is 5.73 Å². The minimum atomic E-state index is 0.474. The Bertz CT molecular complexity index is 488. The van der Waals surface area contributed by atoms with Crippen molar-refractivity contribution in [2.75, 3.05) is 0 Å². The van der Waals surface area contributed by atoms with E-state index in [1.54, 1.807) is 0 Å². The van der Waals surface area contributed by atoms with Crippen molar-refractivity contribution in [3.8, 4) is 0 Å². The molecule has 0 radical (unpaired) electrons. The zero-order valence-corrected chi connectivity index (χ0v) is 9.80. The Kier molecular flexibility index (Phi) is 2.33. The number of aromatic nitrogens is 2. The first kappa shape index (κ1) is 9.68. The molecule has 0 saturated carbocycles. The zero-order chi connectivity index (χ0) is 10.3. The van der Waals surface area contributed by atoms with E-state index in [2.05, 4.69) is 40.0 Å². The molecule has 0 atom stereocenters. The third-order valence-electron chi connectivity index (χ3n) is 2.42. The zero-order valence-electron chi connectivity index (χ0n) is 8.21. The van der Waals surface area contributed by atoms with Crippen LogP contribution in [0.5, 0.6) is 0 Å². The van der Waals surface area contributed by atoms with Crippen LogP contribution in [0.2, 0.25) is 0 Å². The van der Waals surface area contributed by atoms with Crippen LogP contribution in [0.1, 0.15) is 11.4 Å². The maximum atomic E-state index is 5.61. The first-order valence-corrected chi connectivity index (χ1v) is 5.24. The Balaban J connectivity index is 2.85. The van der Waals surface area contributed by atoms with E-state index in [9.17, 15) is 0 Å². The molecule has 0 unspecified atom stereocenters. The van der Waals surface area contributed by atoms with Crippen molar-refractivity contribution in [3.05, 3.63) is 28.0 Å². The van der Waals surface area contributed by atoms with Gasteiger partial charge in [-0.1, -0.05) is 15.9 Å². The third-order valence-corrected chi connectivity index (χ3v) is 2.87. The number of nitrogens with zero attached hydrogens (tertiary/aromatic N) is 2. The summed E-state index contributed by atoms with van der Waals surface area (Å²) in [6.07, 6.45) is 0. The average molecular weight is 254 g/mol. The number of benzene rings is 1. The standard InChI is InChI=1S/C10H12BrN3/c1-6-3-7(11)4-8-10(6)13-9(5-12)14(8)2/h3-4H,5,12H2,1-2H3. The van der Waals surface area contributed by atoms with E-state index in [0.717, 1.165) is 21.3 Å². The van der Waals surface area contributed by atoms with Crippen molar-refractivity contribution >= 4 is 27.0 Å². The van der Waals surface area contributed by atoms with E-state index < -0.39 is 0 Å². The molecule has 0 aliphatic heterocycles. The van der Waals surface area contributed by atoms with Crippen LogP contribution in [0.25, 0.3) is 11.0 Å². The van der Waals surface area contributed by atoms with Crippen LogP contribution in [0.15, 0.2) is 16.6 Å². The molecule has 0 saturated heterocycles. The topological polar surface area (TPSA) is 43.8 Å². The third kappa shape index (κ3) is 1.35. The Labute approximate surface area is 91.1 Å². The van der Waals surface area contributed by atoms with Gasteiger partial charge in [-0.15, -0.1) is 0 Å². The molecule has 0 amide bonds. The Morgan fingerprint density at radius 1 is 1.50 bits per heavy atom. The van der Waals surface area contributed by atoms with Gasteiger partial charge in [0.05, 0.1) is 17.6 Å². The highest BCUT2D eigenvalue weighted by molar-refractivity contribution is 9.10. The highest BCUT2D eigenvalue weighted by atomic mass is 79.9. The van der Waals surface area contributed by atoms with Crippen LogP contribution in [0, 0.1) is 6.92 Å². The van der Waals surface area contributed by atoms with Crippen LogP contribution in [0.3, 0.4) is 0 Å². The summed E-state index contributed by atoms with van der Waals surface area (Å²) >= 11 is 3.48. The maximum absolute atomic E-state index is 5.61. The van der Waals surface area contributed by atoms with Crippen LogP contribution in [-0.2, 0) is 13.6 Å². The number of hydrogen-bond donors (Lipinski definition) is 1. The predicted molar refractivity (Wildman–Crippen MR) is 61.0 cm³/mol. The van der Waals surface area contributed by atoms with Gasteiger partial charge in [0.15, 0.2) is 0 Å². The SMILES string of the molecule is Cc1cc(Br)cc2c1nc(CN)n2C. The monoisotopic (exact) mass is 253 g/mol. The van der Waals surface area contributed by atoms with Crippen LogP contribution in [-0.4, -0.2) is 9.55 Å². The highest BCUT2D eigenvalue weighted by Crippen LogP contribution is 2.23. The molecule has 74 valence electrons. The van der Waals surface area contributed by atoms with Crippen molar-refractivity contribution in [1.29, 1.82) is 0 Å². The molecule has 0 fully saturated rings. The molecule has 0 aliphatic rings. The first-order valence-electron chi connectivity index (χ1n) is 4.45. The number of imidazole rings is 1. The summed E-state index contributed by atoms with van der Waals surface area (Å²) in [5.74, 6) is 0.918. The fraction of sp³-hybridized carbons (Fsp3) is 0.300. The fourth-order valence-electron chi connectivity index (χ4n) is 1.64. The van der Waals surface area contributed by atoms with Crippen molar-refractivity contribution in [3.63, 3.8) is 0 Å². The minimum Gasteiger partial charge on any atom is -0.330 e. The molecule has 1 aromatic heterocycles. The molecule has 0 bridgehead atoms.